The second kappa shape index (κ2) is 10.1. The van der Waals surface area contributed by atoms with E-state index in [0.717, 1.165) is 18.5 Å². The highest BCUT2D eigenvalue weighted by atomic mass is 35.5. The van der Waals surface area contributed by atoms with Crippen LogP contribution in [0.3, 0.4) is 0 Å². The summed E-state index contributed by atoms with van der Waals surface area (Å²) in [5.41, 5.74) is 7.96. The van der Waals surface area contributed by atoms with E-state index >= 15 is 0 Å². The van der Waals surface area contributed by atoms with E-state index in [4.69, 9.17) is 17.3 Å². The van der Waals surface area contributed by atoms with Crippen molar-refractivity contribution < 1.29 is 4.79 Å². The quantitative estimate of drug-likeness (QED) is 0.734. The average molecular weight is 346 g/mol. The van der Waals surface area contributed by atoms with Crippen molar-refractivity contribution >= 4 is 17.5 Å². The van der Waals surface area contributed by atoms with Crippen LogP contribution in [0.25, 0.3) is 0 Å². The number of nitrogens with two attached hydrogens (primary N) is 1. The summed E-state index contributed by atoms with van der Waals surface area (Å²) in [5, 5.41) is 3.64. The van der Waals surface area contributed by atoms with Crippen LogP contribution in [0.1, 0.15) is 11.1 Å². The van der Waals surface area contributed by atoms with Crippen LogP contribution >= 0.6 is 11.6 Å². The molecule has 0 aromatic heterocycles. The molecule has 0 fully saturated rings. The minimum atomic E-state index is 0.00598. The molecule has 0 atom stereocenters. The topological polar surface area (TPSA) is 58.4 Å². The third kappa shape index (κ3) is 6.71. The molecule has 128 valence electrons. The Labute approximate surface area is 148 Å². The van der Waals surface area contributed by atoms with Crippen molar-refractivity contribution in [3.8, 4) is 0 Å². The standard InChI is InChI=1S/C19H24ClN3O/c20-18-8-6-17(7-9-18)14-22-19(24)15-23(13-11-21)12-10-16-4-2-1-3-5-16/h1-9H,10-15,21H2,(H,22,24). The van der Waals surface area contributed by atoms with Crippen LogP contribution in [0.15, 0.2) is 54.6 Å². The molecule has 5 heteroatoms. The van der Waals surface area contributed by atoms with Gasteiger partial charge >= 0.3 is 0 Å². The Morgan fingerprint density at radius 1 is 1.00 bits per heavy atom. The van der Waals surface area contributed by atoms with Crippen molar-refractivity contribution in [3.05, 3.63) is 70.7 Å². The average Bonchev–Trinajstić information content (AvgIpc) is 2.60. The number of halogens is 1. The molecule has 0 aliphatic rings. The first-order chi connectivity index (χ1) is 11.7. The molecule has 0 bridgehead atoms. The molecule has 1 amide bonds. The molecule has 0 radical (unpaired) electrons. The van der Waals surface area contributed by atoms with Crippen LogP contribution < -0.4 is 11.1 Å². The second-order valence-electron chi connectivity index (χ2n) is 5.70. The number of amides is 1. The summed E-state index contributed by atoms with van der Waals surface area (Å²) >= 11 is 5.86. The Bertz CT molecular complexity index is 616. The predicted molar refractivity (Wildman–Crippen MR) is 98.9 cm³/mol. The summed E-state index contributed by atoms with van der Waals surface area (Å²) in [4.78, 5) is 14.2. The smallest absolute Gasteiger partial charge is 0.234 e. The predicted octanol–water partition coefficient (Wildman–Crippen LogP) is 2.46. The number of hydrogen-bond donors (Lipinski definition) is 2. The molecule has 2 aromatic rings. The van der Waals surface area contributed by atoms with E-state index in [0.29, 0.717) is 31.2 Å². The van der Waals surface area contributed by atoms with Gasteiger partial charge in [-0.3, -0.25) is 9.69 Å². The van der Waals surface area contributed by atoms with Gasteiger partial charge in [0, 0.05) is 31.2 Å². The molecule has 4 nitrogen and oxygen atoms in total. The van der Waals surface area contributed by atoms with Gasteiger partial charge in [0.2, 0.25) is 5.91 Å². The third-order valence-corrected chi connectivity index (χ3v) is 4.03. The van der Waals surface area contributed by atoms with Crippen molar-refractivity contribution in [2.24, 2.45) is 5.73 Å². The fourth-order valence-corrected chi connectivity index (χ4v) is 2.57. The summed E-state index contributed by atoms with van der Waals surface area (Å²) in [6.07, 6.45) is 0.908. The molecule has 3 N–H and O–H groups in total. The molecule has 0 heterocycles. The number of rotatable bonds is 9. The monoisotopic (exact) mass is 345 g/mol. The molecule has 2 rings (SSSR count). The summed E-state index contributed by atoms with van der Waals surface area (Å²) in [7, 11) is 0. The largest absolute Gasteiger partial charge is 0.351 e. The zero-order valence-electron chi connectivity index (χ0n) is 13.7. The van der Waals surface area contributed by atoms with E-state index in [-0.39, 0.29) is 5.91 Å². The van der Waals surface area contributed by atoms with Gasteiger partial charge in [-0.25, -0.2) is 0 Å². The van der Waals surface area contributed by atoms with Gasteiger partial charge in [-0.15, -0.1) is 0 Å². The van der Waals surface area contributed by atoms with Crippen molar-refractivity contribution in [2.45, 2.75) is 13.0 Å². The van der Waals surface area contributed by atoms with E-state index in [1.54, 1.807) is 0 Å². The number of nitrogens with zero attached hydrogens (tertiary/aromatic N) is 1. The Balaban J connectivity index is 1.78. The van der Waals surface area contributed by atoms with E-state index < -0.39 is 0 Å². The molecule has 0 unspecified atom stereocenters. The molecule has 0 saturated carbocycles. The van der Waals surface area contributed by atoms with Crippen LogP contribution in [0, 0.1) is 0 Å². The normalized spacial score (nSPS) is 10.8. The van der Waals surface area contributed by atoms with Gasteiger partial charge in [-0.1, -0.05) is 54.1 Å². The highest BCUT2D eigenvalue weighted by Gasteiger charge is 2.10. The molecule has 0 saturated heterocycles. The van der Waals surface area contributed by atoms with Crippen LogP contribution in [-0.4, -0.2) is 37.0 Å². The molecule has 0 aliphatic carbocycles. The van der Waals surface area contributed by atoms with Gasteiger partial charge in [-0.2, -0.15) is 0 Å². The van der Waals surface area contributed by atoms with E-state index in [1.807, 2.05) is 42.5 Å². The van der Waals surface area contributed by atoms with Crippen LogP contribution in [-0.2, 0) is 17.8 Å². The van der Waals surface area contributed by atoms with Crippen molar-refractivity contribution in [1.29, 1.82) is 0 Å². The first kappa shape index (κ1) is 18.5. The lowest BCUT2D eigenvalue weighted by atomic mass is 10.1. The van der Waals surface area contributed by atoms with Crippen molar-refractivity contribution in [2.75, 3.05) is 26.2 Å². The zero-order chi connectivity index (χ0) is 17.2. The first-order valence-electron chi connectivity index (χ1n) is 8.15. The fraction of sp³-hybridized carbons (Fsp3) is 0.316. The second-order valence-corrected chi connectivity index (χ2v) is 6.14. The SMILES string of the molecule is NCCN(CCc1ccccc1)CC(=O)NCc1ccc(Cl)cc1. The molecular formula is C19H24ClN3O. The lowest BCUT2D eigenvalue weighted by molar-refractivity contribution is -0.122. The minimum Gasteiger partial charge on any atom is -0.351 e. The molecular weight excluding hydrogens is 322 g/mol. The van der Waals surface area contributed by atoms with Gasteiger partial charge in [-0.05, 0) is 29.7 Å². The number of hydrogen-bond acceptors (Lipinski definition) is 3. The Hall–Kier alpha value is -1.88. The lowest BCUT2D eigenvalue weighted by Gasteiger charge is -2.21. The number of benzene rings is 2. The van der Waals surface area contributed by atoms with Crippen LogP contribution in [0.2, 0.25) is 5.02 Å². The number of carbonyl (C=O) groups is 1. The highest BCUT2D eigenvalue weighted by molar-refractivity contribution is 6.30. The molecule has 2 aromatic carbocycles. The van der Waals surface area contributed by atoms with Crippen molar-refractivity contribution in [3.63, 3.8) is 0 Å². The minimum absolute atomic E-state index is 0.00598. The van der Waals surface area contributed by atoms with Gasteiger partial charge < -0.3 is 11.1 Å². The Morgan fingerprint density at radius 3 is 2.38 bits per heavy atom. The van der Waals surface area contributed by atoms with Crippen molar-refractivity contribution in [1.82, 2.24) is 10.2 Å². The summed E-state index contributed by atoms with van der Waals surface area (Å²) in [6, 6.07) is 17.7. The number of carbonyl (C=O) groups excluding carboxylic acids is 1. The maximum atomic E-state index is 12.2. The Kier molecular flexibility index (Phi) is 7.75. The van der Waals surface area contributed by atoms with Gasteiger partial charge in [0.25, 0.3) is 0 Å². The Morgan fingerprint density at radius 2 is 1.71 bits per heavy atom. The fourth-order valence-electron chi connectivity index (χ4n) is 2.45. The molecule has 0 spiro atoms. The summed E-state index contributed by atoms with van der Waals surface area (Å²) in [5.74, 6) is 0.00598. The van der Waals surface area contributed by atoms with Gasteiger partial charge in [0.15, 0.2) is 0 Å². The van der Waals surface area contributed by atoms with E-state index in [1.165, 1.54) is 5.56 Å². The van der Waals surface area contributed by atoms with Crippen LogP contribution in [0.5, 0.6) is 0 Å². The van der Waals surface area contributed by atoms with E-state index in [2.05, 4.69) is 22.3 Å². The van der Waals surface area contributed by atoms with E-state index in [9.17, 15) is 4.79 Å². The maximum Gasteiger partial charge on any atom is 0.234 e. The third-order valence-electron chi connectivity index (χ3n) is 3.78. The lowest BCUT2D eigenvalue weighted by Crippen LogP contribution is -2.40. The molecule has 24 heavy (non-hydrogen) atoms. The number of nitrogens with one attached hydrogen (secondary N) is 1. The molecule has 0 aliphatic heterocycles. The zero-order valence-corrected chi connectivity index (χ0v) is 14.5. The summed E-state index contributed by atoms with van der Waals surface area (Å²) in [6.45, 7) is 2.93. The summed E-state index contributed by atoms with van der Waals surface area (Å²) < 4.78 is 0. The van der Waals surface area contributed by atoms with Gasteiger partial charge in [0.1, 0.15) is 0 Å². The first-order valence-corrected chi connectivity index (χ1v) is 8.52. The van der Waals surface area contributed by atoms with Crippen LogP contribution in [0.4, 0.5) is 0 Å². The van der Waals surface area contributed by atoms with Gasteiger partial charge in [0.05, 0.1) is 6.54 Å². The highest BCUT2D eigenvalue weighted by Crippen LogP contribution is 2.09. The maximum absolute atomic E-state index is 12.2.